The van der Waals surface area contributed by atoms with Crippen molar-refractivity contribution in [2.45, 2.75) is 0 Å². The summed E-state index contributed by atoms with van der Waals surface area (Å²) in [5.41, 5.74) is 1.61. The molecule has 110 valence electrons. The second kappa shape index (κ2) is 6.29. The predicted molar refractivity (Wildman–Crippen MR) is 92.9 cm³/mol. The van der Waals surface area contributed by atoms with Gasteiger partial charge >= 0.3 is 0 Å². The number of amides is 1. The Morgan fingerprint density at radius 3 is 2.68 bits per heavy atom. The summed E-state index contributed by atoms with van der Waals surface area (Å²) >= 11 is 6.63. The Morgan fingerprint density at radius 1 is 1.27 bits per heavy atom. The van der Waals surface area contributed by atoms with Crippen LogP contribution in [0, 0.1) is 0 Å². The van der Waals surface area contributed by atoms with Gasteiger partial charge in [0.1, 0.15) is 5.75 Å². The minimum absolute atomic E-state index is 0.121. The molecule has 1 aliphatic heterocycles. The van der Waals surface area contributed by atoms with Crippen LogP contribution in [-0.2, 0) is 4.79 Å². The highest BCUT2D eigenvalue weighted by Gasteiger charge is 2.33. The zero-order valence-corrected chi connectivity index (χ0v) is 13.4. The number of anilines is 1. The third kappa shape index (κ3) is 2.88. The van der Waals surface area contributed by atoms with E-state index in [1.165, 1.54) is 16.7 Å². The summed E-state index contributed by atoms with van der Waals surface area (Å²) < 4.78 is 5.64. The monoisotopic (exact) mass is 328 g/mol. The second-order valence-corrected chi connectivity index (χ2v) is 6.18. The van der Waals surface area contributed by atoms with Crippen molar-refractivity contribution in [1.29, 1.82) is 0 Å². The average Bonchev–Trinajstić information content (AvgIpc) is 2.82. The molecule has 0 radical (unpaired) electrons. The number of pyridine rings is 1. The summed E-state index contributed by atoms with van der Waals surface area (Å²) in [6, 6.07) is 11.0. The normalized spacial score (nSPS) is 16.4. The van der Waals surface area contributed by atoms with Crippen molar-refractivity contribution in [2.75, 3.05) is 12.0 Å². The molecule has 2 heterocycles. The van der Waals surface area contributed by atoms with Crippen molar-refractivity contribution in [3.8, 4) is 5.75 Å². The van der Waals surface area contributed by atoms with Gasteiger partial charge in [-0.1, -0.05) is 30.0 Å². The molecule has 1 amide bonds. The molecule has 0 bridgehead atoms. The van der Waals surface area contributed by atoms with Crippen LogP contribution in [0.2, 0.25) is 0 Å². The number of thiocarbonyl (C=S) groups is 1. The molecule has 0 atom stereocenters. The van der Waals surface area contributed by atoms with Gasteiger partial charge in [-0.25, -0.2) is 0 Å². The first-order valence-corrected chi connectivity index (χ1v) is 7.73. The van der Waals surface area contributed by atoms with E-state index >= 15 is 0 Å². The quantitative estimate of drug-likeness (QED) is 0.637. The zero-order chi connectivity index (χ0) is 15.5. The van der Waals surface area contributed by atoms with E-state index in [4.69, 9.17) is 17.0 Å². The van der Waals surface area contributed by atoms with Crippen LogP contribution in [0.1, 0.15) is 5.56 Å². The van der Waals surface area contributed by atoms with Crippen LogP contribution in [0.5, 0.6) is 5.75 Å². The molecule has 1 aliphatic rings. The number of nitrogens with zero attached hydrogens (tertiary/aromatic N) is 2. The Labute approximate surface area is 137 Å². The van der Waals surface area contributed by atoms with Crippen LogP contribution in [0.3, 0.4) is 0 Å². The number of methoxy groups -OCH3 is 1. The van der Waals surface area contributed by atoms with Gasteiger partial charge in [-0.15, -0.1) is 0 Å². The topological polar surface area (TPSA) is 42.4 Å². The van der Waals surface area contributed by atoms with Gasteiger partial charge < -0.3 is 4.74 Å². The summed E-state index contributed by atoms with van der Waals surface area (Å²) in [7, 11) is 1.60. The molecule has 22 heavy (non-hydrogen) atoms. The van der Waals surface area contributed by atoms with Gasteiger partial charge in [0, 0.05) is 12.4 Å². The van der Waals surface area contributed by atoms with Gasteiger partial charge in [0.2, 0.25) is 0 Å². The summed E-state index contributed by atoms with van der Waals surface area (Å²) in [5.74, 6) is 0.615. The maximum atomic E-state index is 12.6. The molecule has 6 heteroatoms. The maximum absolute atomic E-state index is 12.6. The van der Waals surface area contributed by atoms with Crippen LogP contribution < -0.4 is 9.64 Å². The maximum Gasteiger partial charge on any atom is 0.270 e. The molecule has 0 N–H and O–H groups in total. The Kier molecular flexibility index (Phi) is 4.22. The molecular formula is C16H12N2O2S2. The average molecular weight is 328 g/mol. The predicted octanol–water partition coefficient (Wildman–Crippen LogP) is 3.50. The minimum atomic E-state index is -0.121. The van der Waals surface area contributed by atoms with E-state index in [0.717, 1.165) is 17.0 Å². The molecular weight excluding hydrogens is 316 g/mol. The first kappa shape index (κ1) is 14.7. The lowest BCUT2D eigenvalue weighted by Gasteiger charge is -2.14. The number of hydrogen-bond donors (Lipinski definition) is 0. The molecule has 0 unspecified atom stereocenters. The highest BCUT2D eigenvalue weighted by Crippen LogP contribution is 2.36. The number of carbonyl (C=O) groups excluding carboxylic acids is 1. The number of rotatable bonds is 3. The molecule has 0 saturated carbocycles. The number of thioether (sulfide) groups is 1. The number of carbonyl (C=O) groups is 1. The second-order valence-electron chi connectivity index (χ2n) is 4.50. The largest absolute Gasteiger partial charge is 0.497 e. The molecule has 2 aromatic rings. The fourth-order valence-corrected chi connectivity index (χ4v) is 3.33. The van der Waals surface area contributed by atoms with E-state index < -0.39 is 0 Å². The molecule has 0 aliphatic carbocycles. The molecule has 3 rings (SSSR count). The highest BCUT2D eigenvalue weighted by atomic mass is 32.2. The van der Waals surface area contributed by atoms with E-state index in [9.17, 15) is 4.79 Å². The van der Waals surface area contributed by atoms with Crippen molar-refractivity contribution < 1.29 is 9.53 Å². The van der Waals surface area contributed by atoms with E-state index in [0.29, 0.717) is 9.23 Å². The standard InChI is InChI=1S/C16H12N2O2S2/c1-20-13-6-4-12(5-7-13)18-15(19)14(22-16(18)21)9-11-3-2-8-17-10-11/h2-10H,1H3/b14-9-. The van der Waals surface area contributed by atoms with Gasteiger partial charge in [0.05, 0.1) is 17.7 Å². The summed E-state index contributed by atoms with van der Waals surface area (Å²) in [6.45, 7) is 0. The SMILES string of the molecule is COc1ccc(N2C(=O)/C(=C/c3cccnc3)SC2=S)cc1. The number of benzene rings is 1. The number of aromatic nitrogens is 1. The van der Waals surface area contributed by atoms with Crippen molar-refractivity contribution in [3.05, 3.63) is 59.3 Å². The van der Waals surface area contributed by atoms with Gasteiger partial charge in [0.15, 0.2) is 4.32 Å². The van der Waals surface area contributed by atoms with E-state index in [1.54, 1.807) is 37.7 Å². The lowest BCUT2D eigenvalue weighted by Crippen LogP contribution is -2.27. The molecule has 1 saturated heterocycles. The van der Waals surface area contributed by atoms with Gasteiger partial charge in [-0.2, -0.15) is 0 Å². The van der Waals surface area contributed by atoms with Crippen molar-refractivity contribution in [3.63, 3.8) is 0 Å². The van der Waals surface area contributed by atoms with E-state index in [1.807, 2.05) is 24.3 Å². The van der Waals surface area contributed by atoms with Crippen LogP contribution in [-0.4, -0.2) is 22.3 Å². The highest BCUT2D eigenvalue weighted by molar-refractivity contribution is 8.27. The van der Waals surface area contributed by atoms with E-state index in [2.05, 4.69) is 4.98 Å². The molecule has 4 nitrogen and oxygen atoms in total. The van der Waals surface area contributed by atoms with Crippen LogP contribution >= 0.6 is 24.0 Å². The Morgan fingerprint density at radius 2 is 2.05 bits per heavy atom. The lowest BCUT2D eigenvalue weighted by molar-refractivity contribution is -0.113. The Bertz CT molecular complexity index is 743. The molecule has 0 spiro atoms. The minimum Gasteiger partial charge on any atom is -0.497 e. The summed E-state index contributed by atoms with van der Waals surface area (Å²) in [4.78, 5) is 18.7. The Hall–Kier alpha value is -2.18. The van der Waals surface area contributed by atoms with Crippen LogP contribution in [0.25, 0.3) is 6.08 Å². The van der Waals surface area contributed by atoms with Crippen molar-refractivity contribution in [1.82, 2.24) is 4.98 Å². The fourth-order valence-electron chi connectivity index (χ4n) is 2.03. The van der Waals surface area contributed by atoms with Crippen LogP contribution in [0.15, 0.2) is 53.7 Å². The third-order valence-corrected chi connectivity index (χ3v) is 4.41. The van der Waals surface area contributed by atoms with Crippen molar-refractivity contribution >= 4 is 46.0 Å². The fraction of sp³-hybridized carbons (Fsp3) is 0.0625. The van der Waals surface area contributed by atoms with Crippen molar-refractivity contribution in [2.24, 2.45) is 0 Å². The summed E-state index contributed by atoms with van der Waals surface area (Å²) in [5, 5.41) is 0. The number of ether oxygens (including phenoxy) is 1. The third-order valence-electron chi connectivity index (χ3n) is 3.11. The lowest BCUT2D eigenvalue weighted by atomic mass is 10.2. The summed E-state index contributed by atoms with van der Waals surface area (Å²) in [6.07, 6.45) is 5.20. The van der Waals surface area contributed by atoms with Crippen LogP contribution in [0.4, 0.5) is 5.69 Å². The Balaban J connectivity index is 1.89. The smallest absolute Gasteiger partial charge is 0.270 e. The first-order chi connectivity index (χ1) is 10.7. The van der Waals surface area contributed by atoms with Gasteiger partial charge in [-0.3, -0.25) is 14.7 Å². The molecule has 1 aromatic heterocycles. The molecule has 1 aromatic carbocycles. The number of hydrogen-bond acceptors (Lipinski definition) is 5. The van der Waals surface area contributed by atoms with E-state index in [-0.39, 0.29) is 5.91 Å². The molecule has 1 fully saturated rings. The zero-order valence-electron chi connectivity index (χ0n) is 11.7. The first-order valence-electron chi connectivity index (χ1n) is 6.51. The van der Waals surface area contributed by atoms with Gasteiger partial charge in [-0.05, 0) is 42.0 Å². The van der Waals surface area contributed by atoms with Gasteiger partial charge in [0.25, 0.3) is 5.91 Å².